The predicted octanol–water partition coefficient (Wildman–Crippen LogP) is 2.76. The van der Waals surface area contributed by atoms with Crippen molar-refractivity contribution in [2.45, 2.75) is 45.7 Å². The van der Waals surface area contributed by atoms with Gasteiger partial charge in [0.25, 0.3) is 0 Å². The molecule has 0 aliphatic rings. The highest BCUT2D eigenvalue weighted by molar-refractivity contribution is 5.19. The van der Waals surface area contributed by atoms with E-state index in [4.69, 9.17) is 11.2 Å². The minimum atomic E-state index is 0.103. The van der Waals surface area contributed by atoms with Crippen molar-refractivity contribution < 1.29 is 4.74 Å². The fourth-order valence-electron chi connectivity index (χ4n) is 1.32. The number of hydrogen-bond donors (Lipinski definition) is 1. The standard InChI is InChI=1S/C15H22N2O/c1-5-6-7-10-18-14-9-8-13(16-12-14)11-17-15(2,3)4/h1,8-9,12,17H,6-7,10-11H2,2-4H3. The summed E-state index contributed by atoms with van der Waals surface area (Å²) in [5.74, 6) is 3.39. The number of nitrogens with zero attached hydrogens (tertiary/aromatic N) is 1. The molecule has 18 heavy (non-hydrogen) atoms. The number of unbranched alkanes of at least 4 members (excludes halogenated alkanes) is 1. The number of terminal acetylenes is 1. The topological polar surface area (TPSA) is 34.1 Å². The Hall–Kier alpha value is -1.53. The molecule has 1 rings (SSSR count). The molecule has 0 atom stereocenters. The molecule has 1 aromatic rings. The average molecular weight is 246 g/mol. The first-order valence-corrected chi connectivity index (χ1v) is 6.27. The van der Waals surface area contributed by atoms with Crippen molar-refractivity contribution in [2.75, 3.05) is 6.61 Å². The molecule has 1 N–H and O–H groups in total. The number of nitrogens with one attached hydrogen (secondary N) is 1. The van der Waals surface area contributed by atoms with Gasteiger partial charge in [-0.25, -0.2) is 0 Å². The summed E-state index contributed by atoms with van der Waals surface area (Å²) in [6.07, 6.45) is 8.56. The molecule has 0 unspecified atom stereocenters. The van der Waals surface area contributed by atoms with Crippen molar-refractivity contribution in [3.63, 3.8) is 0 Å². The Morgan fingerprint density at radius 1 is 1.39 bits per heavy atom. The second-order valence-electron chi connectivity index (χ2n) is 5.24. The maximum absolute atomic E-state index is 5.53. The van der Waals surface area contributed by atoms with Crippen molar-refractivity contribution in [1.82, 2.24) is 10.3 Å². The molecule has 0 saturated carbocycles. The molecule has 1 heterocycles. The van der Waals surface area contributed by atoms with Crippen molar-refractivity contribution >= 4 is 0 Å². The Morgan fingerprint density at radius 3 is 2.72 bits per heavy atom. The fourth-order valence-corrected chi connectivity index (χ4v) is 1.32. The normalized spacial score (nSPS) is 11.0. The predicted molar refractivity (Wildman–Crippen MR) is 74.4 cm³/mol. The number of aromatic nitrogens is 1. The highest BCUT2D eigenvalue weighted by Gasteiger charge is 2.08. The summed E-state index contributed by atoms with van der Waals surface area (Å²) in [7, 11) is 0. The van der Waals surface area contributed by atoms with E-state index in [2.05, 4.69) is 37.0 Å². The van der Waals surface area contributed by atoms with Crippen molar-refractivity contribution in [3.05, 3.63) is 24.0 Å². The van der Waals surface area contributed by atoms with Crippen molar-refractivity contribution in [2.24, 2.45) is 0 Å². The molecule has 0 bridgehead atoms. The summed E-state index contributed by atoms with van der Waals surface area (Å²) >= 11 is 0. The van der Waals surface area contributed by atoms with E-state index in [0.29, 0.717) is 6.61 Å². The summed E-state index contributed by atoms with van der Waals surface area (Å²) in [4.78, 5) is 4.35. The third kappa shape index (κ3) is 6.27. The molecule has 3 heteroatoms. The van der Waals surface area contributed by atoms with E-state index in [0.717, 1.165) is 30.8 Å². The summed E-state index contributed by atoms with van der Waals surface area (Å²) < 4.78 is 5.53. The molecule has 0 radical (unpaired) electrons. The molecule has 0 fully saturated rings. The van der Waals surface area contributed by atoms with Gasteiger partial charge < -0.3 is 10.1 Å². The van der Waals surface area contributed by atoms with Gasteiger partial charge in [0, 0.05) is 18.5 Å². The monoisotopic (exact) mass is 246 g/mol. The van der Waals surface area contributed by atoms with Crippen molar-refractivity contribution in [3.8, 4) is 18.1 Å². The van der Waals surface area contributed by atoms with E-state index in [1.54, 1.807) is 6.20 Å². The van der Waals surface area contributed by atoms with Gasteiger partial charge in [-0.1, -0.05) is 0 Å². The minimum Gasteiger partial charge on any atom is -0.492 e. The van der Waals surface area contributed by atoms with Crippen LogP contribution in [-0.2, 0) is 6.54 Å². The molecular formula is C15H22N2O. The zero-order valence-electron chi connectivity index (χ0n) is 11.5. The van der Waals surface area contributed by atoms with Crippen LogP contribution in [0.5, 0.6) is 5.75 Å². The quantitative estimate of drug-likeness (QED) is 0.619. The van der Waals surface area contributed by atoms with E-state index < -0.39 is 0 Å². The lowest BCUT2D eigenvalue weighted by molar-refractivity contribution is 0.311. The fraction of sp³-hybridized carbons (Fsp3) is 0.533. The van der Waals surface area contributed by atoms with E-state index in [-0.39, 0.29) is 5.54 Å². The van der Waals surface area contributed by atoms with E-state index in [9.17, 15) is 0 Å². The lowest BCUT2D eigenvalue weighted by atomic mass is 10.1. The molecule has 0 aromatic carbocycles. The SMILES string of the molecule is C#CCCCOc1ccc(CNC(C)(C)C)nc1. The molecule has 98 valence electrons. The first-order valence-electron chi connectivity index (χ1n) is 6.27. The van der Waals surface area contributed by atoms with Crippen LogP contribution in [0.1, 0.15) is 39.3 Å². The van der Waals surface area contributed by atoms with Crippen LogP contribution in [0.2, 0.25) is 0 Å². The molecule has 1 aromatic heterocycles. The molecular weight excluding hydrogens is 224 g/mol. The third-order valence-corrected chi connectivity index (χ3v) is 2.33. The minimum absolute atomic E-state index is 0.103. The third-order valence-electron chi connectivity index (χ3n) is 2.33. The Morgan fingerprint density at radius 2 is 2.17 bits per heavy atom. The largest absolute Gasteiger partial charge is 0.492 e. The first-order chi connectivity index (χ1) is 8.51. The van der Waals surface area contributed by atoms with Gasteiger partial charge in [-0.05, 0) is 39.3 Å². The molecule has 0 spiro atoms. The van der Waals surface area contributed by atoms with Crippen LogP contribution in [0.25, 0.3) is 0 Å². The summed E-state index contributed by atoms with van der Waals surface area (Å²) in [5.41, 5.74) is 1.12. The number of rotatable bonds is 6. The Bertz CT molecular complexity index is 384. The van der Waals surface area contributed by atoms with Crippen LogP contribution in [-0.4, -0.2) is 17.1 Å². The Labute approximate surface area is 110 Å². The lowest BCUT2D eigenvalue weighted by Gasteiger charge is -2.20. The van der Waals surface area contributed by atoms with Gasteiger partial charge in [-0.15, -0.1) is 12.3 Å². The van der Waals surface area contributed by atoms with Gasteiger partial charge in [0.2, 0.25) is 0 Å². The maximum atomic E-state index is 5.53. The summed E-state index contributed by atoms with van der Waals surface area (Å²) in [6.45, 7) is 7.81. The molecule has 0 aliphatic carbocycles. The van der Waals surface area contributed by atoms with E-state index in [1.165, 1.54) is 0 Å². The van der Waals surface area contributed by atoms with Gasteiger partial charge in [-0.2, -0.15) is 0 Å². The van der Waals surface area contributed by atoms with Crippen LogP contribution in [0.4, 0.5) is 0 Å². The highest BCUT2D eigenvalue weighted by atomic mass is 16.5. The van der Waals surface area contributed by atoms with Gasteiger partial charge in [0.1, 0.15) is 5.75 Å². The maximum Gasteiger partial charge on any atom is 0.137 e. The molecule has 0 aliphatic heterocycles. The molecule has 0 saturated heterocycles. The smallest absolute Gasteiger partial charge is 0.137 e. The summed E-state index contributed by atoms with van der Waals surface area (Å²) in [5, 5.41) is 3.39. The zero-order chi connectivity index (χ0) is 13.4. The highest BCUT2D eigenvalue weighted by Crippen LogP contribution is 2.10. The second kappa shape index (κ2) is 7.03. The Kier molecular flexibility index (Phi) is 5.67. The van der Waals surface area contributed by atoms with Gasteiger partial charge in [0.05, 0.1) is 18.5 Å². The van der Waals surface area contributed by atoms with Crippen molar-refractivity contribution in [1.29, 1.82) is 0 Å². The second-order valence-corrected chi connectivity index (χ2v) is 5.24. The average Bonchev–Trinajstić information content (AvgIpc) is 2.33. The summed E-state index contributed by atoms with van der Waals surface area (Å²) in [6, 6.07) is 3.93. The zero-order valence-corrected chi connectivity index (χ0v) is 11.5. The number of hydrogen-bond acceptors (Lipinski definition) is 3. The number of pyridine rings is 1. The van der Waals surface area contributed by atoms with Gasteiger partial charge in [0.15, 0.2) is 0 Å². The van der Waals surface area contributed by atoms with Crippen LogP contribution in [0, 0.1) is 12.3 Å². The van der Waals surface area contributed by atoms with Crippen LogP contribution in [0.15, 0.2) is 18.3 Å². The molecule has 0 amide bonds. The Balaban J connectivity index is 2.36. The number of ether oxygens (including phenoxy) is 1. The van der Waals surface area contributed by atoms with E-state index >= 15 is 0 Å². The molecule has 3 nitrogen and oxygen atoms in total. The van der Waals surface area contributed by atoms with Gasteiger partial charge >= 0.3 is 0 Å². The van der Waals surface area contributed by atoms with E-state index in [1.807, 2.05) is 12.1 Å². The first kappa shape index (κ1) is 14.5. The van der Waals surface area contributed by atoms with Crippen LogP contribution in [0.3, 0.4) is 0 Å². The van der Waals surface area contributed by atoms with Gasteiger partial charge in [-0.3, -0.25) is 4.98 Å². The van der Waals surface area contributed by atoms with Crippen LogP contribution >= 0.6 is 0 Å². The lowest BCUT2D eigenvalue weighted by Crippen LogP contribution is -2.35. The van der Waals surface area contributed by atoms with Crippen LogP contribution < -0.4 is 10.1 Å².